The van der Waals surface area contributed by atoms with Crippen LogP contribution in [0.15, 0.2) is 30.3 Å². The van der Waals surface area contributed by atoms with Gasteiger partial charge in [-0.1, -0.05) is 42.0 Å². The minimum absolute atomic E-state index is 0.699. The third kappa shape index (κ3) is 3.90. The van der Waals surface area contributed by atoms with E-state index in [0.717, 1.165) is 6.61 Å². The second kappa shape index (κ2) is 5.55. The number of ether oxygens (including phenoxy) is 1. The van der Waals surface area contributed by atoms with Crippen LogP contribution in [-0.4, -0.2) is 13.2 Å². The number of hydrogen-bond acceptors (Lipinski definition) is 1. The molecule has 0 aliphatic heterocycles. The fraction of sp³-hybridized carbons (Fsp3) is 0.333. The van der Waals surface area contributed by atoms with Crippen LogP contribution in [-0.2, 0) is 4.74 Å². The number of benzene rings is 1. The Bertz CT molecular complexity index is 259. The second-order valence-corrected chi connectivity index (χ2v) is 2.97. The Morgan fingerprint density at radius 2 is 1.92 bits per heavy atom. The molecule has 70 valence electrons. The van der Waals surface area contributed by atoms with Crippen LogP contribution < -0.4 is 0 Å². The molecule has 1 aromatic carbocycles. The molecule has 1 rings (SSSR count). The van der Waals surface area contributed by atoms with Gasteiger partial charge < -0.3 is 4.74 Å². The molecule has 0 radical (unpaired) electrons. The van der Waals surface area contributed by atoms with E-state index in [9.17, 15) is 0 Å². The first kappa shape index (κ1) is 10.0. The van der Waals surface area contributed by atoms with Crippen molar-refractivity contribution in [3.8, 4) is 0 Å². The highest BCUT2D eigenvalue weighted by atomic mass is 16.5. The zero-order valence-electron chi connectivity index (χ0n) is 8.29. The maximum absolute atomic E-state index is 5.19. The van der Waals surface area contributed by atoms with Crippen molar-refractivity contribution in [2.75, 3.05) is 13.2 Å². The summed E-state index contributed by atoms with van der Waals surface area (Å²) >= 11 is 0. The Morgan fingerprint density at radius 1 is 1.23 bits per heavy atom. The first-order valence-electron chi connectivity index (χ1n) is 4.64. The molecule has 0 heterocycles. The average Bonchev–Trinajstić information content (AvgIpc) is 2.15. The summed E-state index contributed by atoms with van der Waals surface area (Å²) in [6.45, 7) is 5.57. The van der Waals surface area contributed by atoms with Crippen molar-refractivity contribution in [1.82, 2.24) is 0 Å². The maximum Gasteiger partial charge on any atom is 0.0650 e. The van der Waals surface area contributed by atoms with E-state index in [1.807, 2.05) is 13.0 Å². The van der Waals surface area contributed by atoms with Crippen LogP contribution in [0, 0.1) is 6.92 Å². The first-order chi connectivity index (χ1) is 6.33. The third-order valence-electron chi connectivity index (χ3n) is 1.81. The predicted molar refractivity (Wildman–Crippen MR) is 56.7 cm³/mol. The molecular weight excluding hydrogens is 160 g/mol. The summed E-state index contributed by atoms with van der Waals surface area (Å²) in [7, 11) is 0. The minimum atomic E-state index is 0.699. The summed E-state index contributed by atoms with van der Waals surface area (Å²) in [5, 5.41) is 0. The van der Waals surface area contributed by atoms with E-state index < -0.39 is 0 Å². The van der Waals surface area contributed by atoms with E-state index in [1.54, 1.807) is 0 Å². The van der Waals surface area contributed by atoms with Gasteiger partial charge in [-0.2, -0.15) is 0 Å². The van der Waals surface area contributed by atoms with Gasteiger partial charge in [0.15, 0.2) is 0 Å². The van der Waals surface area contributed by atoms with Crippen LogP contribution >= 0.6 is 0 Å². The Balaban J connectivity index is 2.44. The summed E-state index contributed by atoms with van der Waals surface area (Å²) in [5.41, 5.74) is 2.52. The standard InChI is InChI=1S/C12H16O/c1-3-13-10-4-5-12-8-6-11(2)7-9-12/h4-9H,3,10H2,1-2H3/b5-4+. The van der Waals surface area contributed by atoms with Crippen molar-refractivity contribution in [2.45, 2.75) is 13.8 Å². The highest BCUT2D eigenvalue weighted by Gasteiger charge is 1.85. The van der Waals surface area contributed by atoms with Crippen molar-refractivity contribution in [1.29, 1.82) is 0 Å². The fourth-order valence-electron chi connectivity index (χ4n) is 1.05. The van der Waals surface area contributed by atoms with Crippen LogP contribution in [0.5, 0.6) is 0 Å². The van der Waals surface area contributed by atoms with E-state index in [2.05, 4.69) is 37.3 Å². The molecule has 0 aromatic heterocycles. The Hall–Kier alpha value is -1.08. The van der Waals surface area contributed by atoms with E-state index >= 15 is 0 Å². The van der Waals surface area contributed by atoms with Crippen LogP contribution in [0.3, 0.4) is 0 Å². The summed E-state index contributed by atoms with van der Waals surface area (Å²) < 4.78 is 5.19. The summed E-state index contributed by atoms with van der Waals surface area (Å²) in [4.78, 5) is 0. The number of aryl methyl sites for hydroxylation is 1. The van der Waals surface area contributed by atoms with Gasteiger partial charge in [-0.3, -0.25) is 0 Å². The molecule has 1 aromatic rings. The molecule has 0 aliphatic rings. The van der Waals surface area contributed by atoms with Gasteiger partial charge in [0.05, 0.1) is 6.61 Å². The number of hydrogen-bond donors (Lipinski definition) is 0. The van der Waals surface area contributed by atoms with Gasteiger partial charge in [-0.05, 0) is 19.4 Å². The van der Waals surface area contributed by atoms with Gasteiger partial charge in [0.25, 0.3) is 0 Å². The molecule has 0 saturated heterocycles. The summed E-state index contributed by atoms with van der Waals surface area (Å²) in [6, 6.07) is 8.44. The monoisotopic (exact) mass is 176 g/mol. The largest absolute Gasteiger partial charge is 0.378 e. The maximum atomic E-state index is 5.19. The molecule has 0 unspecified atom stereocenters. The van der Waals surface area contributed by atoms with Gasteiger partial charge in [0.1, 0.15) is 0 Å². The first-order valence-corrected chi connectivity index (χ1v) is 4.64. The molecule has 0 amide bonds. The topological polar surface area (TPSA) is 9.23 Å². The van der Waals surface area contributed by atoms with Crippen molar-refractivity contribution >= 4 is 6.08 Å². The van der Waals surface area contributed by atoms with Gasteiger partial charge in [0.2, 0.25) is 0 Å². The molecule has 1 heteroatoms. The molecule has 0 fully saturated rings. The lowest BCUT2D eigenvalue weighted by atomic mass is 10.1. The fourth-order valence-corrected chi connectivity index (χ4v) is 1.05. The van der Waals surface area contributed by atoms with E-state index in [4.69, 9.17) is 4.74 Å². The lowest BCUT2D eigenvalue weighted by Crippen LogP contribution is -1.87. The average molecular weight is 176 g/mol. The second-order valence-electron chi connectivity index (χ2n) is 2.97. The van der Waals surface area contributed by atoms with E-state index in [1.165, 1.54) is 11.1 Å². The SMILES string of the molecule is CCOC/C=C/c1ccc(C)cc1. The van der Waals surface area contributed by atoms with Gasteiger partial charge in [-0.25, -0.2) is 0 Å². The van der Waals surface area contributed by atoms with Gasteiger partial charge in [0, 0.05) is 6.61 Å². The molecule has 1 nitrogen and oxygen atoms in total. The smallest absolute Gasteiger partial charge is 0.0650 e. The zero-order chi connectivity index (χ0) is 9.52. The van der Waals surface area contributed by atoms with Crippen LogP contribution in [0.1, 0.15) is 18.1 Å². The molecule has 0 N–H and O–H groups in total. The Morgan fingerprint density at radius 3 is 2.54 bits per heavy atom. The Kier molecular flexibility index (Phi) is 4.27. The van der Waals surface area contributed by atoms with Crippen molar-refractivity contribution in [3.05, 3.63) is 41.5 Å². The number of rotatable bonds is 4. The quantitative estimate of drug-likeness (QED) is 0.641. The molecule has 0 spiro atoms. The van der Waals surface area contributed by atoms with E-state index in [0.29, 0.717) is 6.61 Å². The molecule has 0 aliphatic carbocycles. The molecule has 0 saturated carbocycles. The van der Waals surface area contributed by atoms with Gasteiger partial charge >= 0.3 is 0 Å². The van der Waals surface area contributed by atoms with E-state index in [-0.39, 0.29) is 0 Å². The molecular formula is C12H16O. The predicted octanol–water partition coefficient (Wildman–Crippen LogP) is 3.04. The summed E-state index contributed by atoms with van der Waals surface area (Å²) in [5.74, 6) is 0. The van der Waals surface area contributed by atoms with Crippen molar-refractivity contribution in [2.24, 2.45) is 0 Å². The van der Waals surface area contributed by atoms with Crippen LogP contribution in [0.25, 0.3) is 6.08 Å². The van der Waals surface area contributed by atoms with Crippen molar-refractivity contribution in [3.63, 3.8) is 0 Å². The molecule has 0 bridgehead atoms. The normalized spacial score (nSPS) is 10.9. The van der Waals surface area contributed by atoms with Crippen LogP contribution in [0.2, 0.25) is 0 Å². The van der Waals surface area contributed by atoms with Gasteiger partial charge in [-0.15, -0.1) is 0 Å². The molecule has 13 heavy (non-hydrogen) atoms. The highest BCUT2D eigenvalue weighted by Crippen LogP contribution is 2.04. The Labute approximate surface area is 80.0 Å². The zero-order valence-corrected chi connectivity index (χ0v) is 8.29. The summed E-state index contributed by atoms with van der Waals surface area (Å²) in [6.07, 6.45) is 4.11. The third-order valence-corrected chi connectivity index (χ3v) is 1.81. The molecule has 0 atom stereocenters. The lowest BCUT2D eigenvalue weighted by Gasteiger charge is -1.95. The van der Waals surface area contributed by atoms with Crippen LogP contribution in [0.4, 0.5) is 0 Å². The van der Waals surface area contributed by atoms with Crippen molar-refractivity contribution < 1.29 is 4.74 Å². The minimum Gasteiger partial charge on any atom is -0.378 e. The highest BCUT2D eigenvalue weighted by molar-refractivity contribution is 5.49. The lowest BCUT2D eigenvalue weighted by molar-refractivity contribution is 0.178.